The average Bonchev–Trinajstić information content (AvgIpc) is 3.41. The Kier molecular flexibility index (Phi) is 8.72. The lowest BCUT2D eigenvalue weighted by Crippen LogP contribution is -2.54. The molecule has 13 atom stereocenters. The van der Waals surface area contributed by atoms with Crippen molar-refractivity contribution in [1.82, 2.24) is 5.32 Å². The van der Waals surface area contributed by atoms with Crippen LogP contribution in [0.2, 0.25) is 0 Å². The van der Waals surface area contributed by atoms with Gasteiger partial charge in [0, 0.05) is 13.0 Å². The van der Waals surface area contributed by atoms with E-state index in [4.69, 9.17) is 14.2 Å². The van der Waals surface area contributed by atoms with Gasteiger partial charge in [-0.25, -0.2) is 4.79 Å². The molecule has 4 saturated carbocycles. The number of carbonyl (C=O) groups is 2. The Hall–Kier alpha value is -1.14. The van der Waals surface area contributed by atoms with Crippen molar-refractivity contribution in [2.75, 3.05) is 14.2 Å². The van der Waals surface area contributed by atoms with Crippen molar-refractivity contribution in [3.8, 4) is 0 Å². The van der Waals surface area contributed by atoms with Crippen LogP contribution >= 0.6 is 0 Å². The van der Waals surface area contributed by atoms with E-state index in [0.29, 0.717) is 34.9 Å². The van der Waals surface area contributed by atoms with Crippen LogP contribution in [0.25, 0.3) is 0 Å². The van der Waals surface area contributed by atoms with Gasteiger partial charge in [0.15, 0.2) is 0 Å². The van der Waals surface area contributed by atoms with Gasteiger partial charge in [-0.2, -0.15) is 0 Å². The Morgan fingerprint density at radius 2 is 1.70 bits per heavy atom. The molecule has 0 radical (unpaired) electrons. The average molecular weight is 560 g/mol. The first-order valence-corrected chi connectivity index (χ1v) is 16.5. The van der Waals surface area contributed by atoms with Gasteiger partial charge in [-0.3, -0.25) is 4.79 Å². The van der Waals surface area contributed by atoms with E-state index in [9.17, 15) is 9.59 Å². The minimum absolute atomic E-state index is 0.0111. The van der Waals surface area contributed by atoms with Crippen molar-refractivity contribution in [2.45, 2.75) is 130 Å². The number of ether oxygens (including phenoxy) is 3. The topological polar surface area (TPSA) is 73.9 Å². The van der Waals surface area contributed by atoms with Crippen LogP contribution in [0.3, 0.4) is 0 Å². The van der Waals surface area contributed by atoms with E-state index in [1.54, 1.807) is 0 Å². The summed E-state index contributed by atoms with van der Waals surface area (Å²) in [5.41, 5.74) is 0.867. The zero-order valence-corrected chi connectivity index (χ0v) is 26.5. The van der Waals surface area contributed by atoms with Crippen LogP contribution in [0, 0.1) is 58.2 Å². The van der Waals surface area contributed by atoms with Gasteiger partial charge in [-0.15, -0.1) is 0 Å². The summed E-state index contributed by atoms with van der Waals surface area (Å²) in [5, 5.41) is 2.93. The zero-order chi connectivity index (χ0) is 29.0. The van der Waals surface area contributed by atoms with Crippen LogP contribution in [0.15, 0.2) is 0 Å². The molecule has 1 N–H and O–H groups in total. The van der Waals surface area contributed by atoms with Crippen molar-refractivity contribution >= 4 is 11.9 Å². The lowest BCUT2D eigenvalue weighted by Gasteiger charge is -2.61. The molecular formula is C34H57NO5. The van der Waals surface area contributed by atoms with Gasteiger partial charge in [0.05, 0.1) is 25.4 Å². The van der Waals surface area contributed by atoms with E-state index in [2.05, 4.69) is 26.1 Å². The molecule has 6 nitrogen and oxygen atoms in total. The van der Waals surface area contributed by atoms with E-state index in [1.807, 2.05) is 27.9 Å². The van der Waals surface area contributed by atoms with Crippen molar-refractivity contribution in [3.63, 3.8) is 0 Å². The molecule has 6 heteroatoms. The molecule has 1 amide bonds. The van der Waals surface area contributed by atoms with Crippen LogP contribution in [0.5, 0.6) is 0 Å². The van der Waals surface area contributed by atoms with Gasteiger partial charge in [-0.1, -0.05) is 41.5 Å². The van der Waals surface area contributed by atoms with Crippen LogP contribution < -0.4 is 5.32 Å². The third-order valence-corrected chi connectivity index (χ3v) is 13.3. The van der Waals surface area contributed by atoms with Gasteiger partial charge in [0.2, 0.25) is 5.91 Å². The van der Waals surface area contributed by atoms with Gasteiger partial charge < -0.3 is 19.5 Å². The Morgan fingerprint density at radius 1 is 0.975 bits per heavy atom. The highest BCUT2D eigenvalue weighted by molar-refractivity contribution is 5.85. The fourth-order valence-corrected chi connectivity index (χ4v) is 10.9. The number of hydrogen-bond acceptors (Lipinski definition) is 5. The molecule has 5 rings (SSSR count). The molecular weight excluding hydrogens is 502 g/mol. The quantitative estimate of drug-likeness (QED) is 0.348. The summed E-state index contributed by atoms with van der Waals surface area (Å²) in [7, 11) is 3.28. The van der Waals surface area contributed by atoms with Crippen molar-refractivity contribution in [1.29, 1.82) is 0 Å². The second kappa shape index (κ2) is 11.5. The van der Waals surface area contributed by atoms with E-state index >= 15 is 0 Å². The minimum Gasteiger partial charge on any atom is -0.467 e. The van der Waals surface area contributed by atoms with Crippen LogP contribution in [0.1, 0.15) is 106 Å². The maximum absolute atomic E-state index is 12.9. The number of nitrogens with one attached hydrogen (secondary N) is 1. The first-order valence-electron chi connectivity index (χ1n) is 16.5. The van der Waals surface area contributed by atoms with E-state index < -0.39 is 6.04 Å². The first kappa shape index (κ1) is 30.3. The molecule has 5 fully saturated rings. The maximum Gasteiger partial charge on any atom is 0.328 e. The number of amides is 1. The molecule has 0 bridgehead atoms. The monoisotopic (exact) mass is 559 g/mol. The molecule has 1 aliphatic heterocycles. The van der Waals surface area contributed by atoms with Gasteiger partial charge in [0.25, 0.3) is 0 Å². The molecule has 1 saturated heterocycles. The highest BCUT2D eigenvalue weighted by atomic mass is 16.5. The summed E-state index contributed by atoms with van der Waals surface area (Å²) in [6.07, 6.45) is 13.3. The fourth-order valence-electron chi connectivity index (χ4n) is 10.9. The molecule has 40 heavy (non-hydrogen) atoms. The Balaban J connectivity index is 1.19. The largest absolute Gasteiger partial charge is 0.467 e. The molecule has 5 aliphatic rings. The second-order valence-corrected chi connectivity index (χ2v) is 15.4. The lowest BCUT2D eigenvalue weighted by atomic mass is 9.44. The van der Waals surface area contributed by atoms with Crippen LogP contribution in [-0.2, 0) is 23.8 Å². The SMILES string of the molecule is COC(=O)C(NC(=O)[C@@H](C)CC[C@H]1O[C@H]2C[C@H]3[C@@H]4CC[C@@H]5C[C@@H](OC)CC[C@]5(C)[C@H]4CC[C@]3(C)[C@H]2[C@@H]1C)C(C)C. The van der Waals surface area contributed by atoms with E-state index in [0.717, 1.165) is 36.5 Å². The van der Waals surface area contributed by atoms with Crippen LogP contribution in [-0.4, -0.2) is 50.4 Å². The predicted octanol–water partition coefficient (Wildman–Crippen LogP) is 6.40. The number of rotatable bonds is 8. The highest BCUT2D eigenvalue weighted by Crippen LogP contribution is 2.70. The summed E-state index contributed by atoms with van der Waals surface area (Å²) in [5.74, 6) is 3.88. The van der Waals surface area contributed by atoms with Gasteiger partial charge in [0.1, 0.15) is 6.04 Å². The molecule has 4 aliphatic carbocycles. The third kappa shape index (κ3) is 5.05. The Morgan fingerprint density at radius 3 is 2.38 bits per heavy atom. The summed E-state index contributed by atoms with van der Waals surface area (Å²) in [4.78, 5) is 25.0. The van der Waals surface area contributed by atoms with Gasteiger partial charge >= 0.3 is 5.97 Å². The predicted molar refractivity (Wildman–Crippen MR) is 156 cm³/mol. The summed E-state index contributed by atoms with van der Waals surface area (Å²) >= 11 is 0. The smallest absolute Gasteiger partial charge is 0.328 e. The first-order chi connectivity index (χ1) is 18.9. The third-order valence-electron chi connectivity index (χ3n) is 13.3. The molecule has 1 unspecified atom stereocenters. The second-order valence-electron chi connectivity index (χ2n) is 15.4. The molecule has 228 valence electrons. The number of methoxy groups -OCH3 is 2. The number of fused-ring (bicyclic) bond motifs is 7. The zero-order valence-electron chi connectivity index (χ0n) is 26.5. The fraction of sp³-hybridized carbons (Fsp3) is 0.941. The summed E-state index contributed by atoms with van der Waals surface area (Å²) in [6.45, 7) is 13.5. The van der Waals surface area contributed by atoms with Crippen molar-refractivity contribution < 1.29 is 23.8 Å². The number of esters is 1. The molecule has 0 spiro atoms. The molecule has 0 aromatic heterocycles. The Bertz CT molecular complexity index is 937. The summed E-state index contributed by atoms with van der Waals surface area (Å²) in [6, 6.07) is -0.597. The molecule has 0 aromatic carbocycles. The highest BCUT2D eigenvalue weighted by Gasteiger charge is 2.65. The van der Waals surface area contributed by atoms with Crippen molar-refractivity contribution in [2.24, 2.45) is 58.2 Å². The standard InChI is InChI=1S/C34H57NO5/c1-19(2)30(32(37)39-8)35-31(36)20(3)9-12-27-21(4)29-28(40-27)18-26-24-11-10-22-17-23(38-7)13-15-33(22,5)25(24)14-16-34(26,29)6/h19-30H,9-18H2,1-8H3,(H,35,36)/t20-,21+,22+,23-,24+,25-,26-,27+,28-,29-,30?,33-,34-/m0/s1. The molecule has 0 aromatic rings. The van der Waals surface area contributed by atoms with Crippen molar-refractivity contribution in [3.05, 3.63) is 0 Å². The Labute approximate surface area is 243 Å². The molecule has 1 heterocycles. The van der Waals surface area contributed by atoms with E-state index in [-0.39, 0.29) is 29.8 Å². The van der Waals surface area contributed by atoms with E-state index in [1.165, 1.54) is 58.5 Å². The maximum atomic E-state index is 12.9. The number of carbonyl (C=O) groups excluding carboxylic acids is 2. The lowest BCUT2D eigenvalue weighted by molar-refractivity contribution is -0.146. The number of hydrogen-bond donors (Lipinski definition) is 1. The minimum atomic E-state index is -0.597. The summed E-state index contributed by atoms with van der Waals surface area (Å²) < 4.78 is 17.6. The normalized spacial score (nSPS) is 45.6. The van der Waals surface area contributed by atoms with Crippen LogP contribution in [0.4, 0.5) is 0 Å². The van der Waals surface area contributed by atoms with Gasteiger partial charge in [-0.05, 0) is 116 Å².